The molecular weight excluding hydrogens is 363 g/mol. The highest BCUT2D eigenvalue weighted by Gasteiger charge is 2.33. The highest BCUT2D eigenvalue weighted by atomic mass is 32.2. The van der Waals surface area contributed by atoms with E-state index in [2.05, 4.69) is 4.72 Å². The number of benzene rings is 2. The van der Waals surface area contributed by atoms with Crippen LogP contribution in [0.3, 0.4) is 0 Å². The molecule has 0 bridgehead atoms. The normalized spacial score (nSPS) is 14.6. The van der Waals surface area contributed by atoms with E-state index in [1.807, 2.05) is 0 Å². The summed E-state index contributed by atoms with van der Waals surface area (Å²) in [4.78, 5) is 24.7. The molecule has 3 rings (SSSR count). The van der Waals surface area contributed by atoms with Crippen molar-refractivity contribution in [2.75, 3.05) is 16.7 Å². The summed E-state index contributed by atoms with van der Waals surface area (Å²) in [6.07, 6.45) is 0.112. The molecule has 0 spiro atoms. The Kier molecular flexibility index (Phi) is 4.64. The second kappa shape index (κ2) is 6.75. The predicted molar refractivity (Wildman–Crippen MR) is 91.9 cm³/mol. The molecule has 1 aliphatic heterocycles. The highest BCUT2D eigenvalue weighted by Crippen LogP contribution is 2.34. The van der Waals surface area contributed by atoms with Crippen molar-refractivity contribution in [2.45, 2.75) is 17.7 Å². The maximum Gasteiger partial charge on any atom is 0.261 e. The van der Waals surface area contributed by atoms with Gasteiger partial charge in [-0.2, -0.15) is 0 Å². The molecule has 7 nitrogen and oxygen atoms in total. The molecule has 0 atom stereocenters. The monoisotopic (exact) mass is 378 g/mol. The lowest BCUT2D eigenvalue weighted by atomic mass is 10.2. The second-order valence-corrected chi connectivity index (χ2v) is 7.25. The maximum atomic E-state index is 13.3. The molecule has 0 unspecified atom stereocenters. The zero-order chi connectivity index (χ0) is 18.9. The summed E-state index contributed by atoms with van der Waals surface area (Å²) >= 11 is 0. The van der Waals surface area contributed by atoms with Crippen LogP contribution in [0.25, 0.3) is 0 Å². The van der Waals surface area contributed by atoms with Crippen molar-refractivity contribution in [3.63, 3.8) is 0 Å². The molecule has 2 aromatic carbocycles. The summed E-state index contributed by atoms with van der Waals surface area (Å²) in [6.45, 7) is 0. The second-order valence-electron chi connectivity index (χ2n) is 5.57. The van der Waals surface area contributed by atoms with E-state index in [-0.39, 0.29) is 34.9 Å². The average molecular weight is 378 g/mol. The van der Waals surface area contributed by atoms with Gasteiger partial charge in [0, 0.05) is 12.8 Å². The number of halogens is 1. The SMILES string of the molecule is COc1ccc(S(=O)(=O)Nc2cccc(F)c2)cc1N1C(=O)CCC1=O. The third-order valence-corrected chi connectivity index (χ3v) is 5.21. The molecule has 1 heterocycles. The lowest BCUT2D eigenvalue weighted by molar-refractivity contribution is -0.121. The zero-order valence-electron chi connectivity index (χ0n) is 13.7. The van der Waals surface area contributed by atoms with Crippen LogP contribution in [-0.2, 0) is 19.6 Å². The summed E-state index contributed by atoms with van der Waals surface area (Å²) in [5.41, 5.74) is 0.109. The van der Waals surface area contributed by atoms with Gasteiger partial charge in [-0.25, -0.2) is 17.7 Å². The highest BCUT2D eigenvalue weighted by molar-refractivity contribution is 7.92. The Labute approximate surface area is 149 Å². The number of amides is 2. The fraction of sp³-hybridized carbons (Fsp3) is 0.176. The number of anilines is 2. The number of carbonyl (C=O) groups excluding carboxylic acids is 2. The van der Waals surface area contributed by atoms with E-state index in [9.17, 15) is 22.4 Å². The van der Waals surface area contributed by atoms with Crippen molar-refractivity contribution < 1.29 is 27.1 Å². The van der Waals surface area contributed by atoms with Crippen LogP contribution in [-0.4, -0.2) is 27.3 Å². The van der Waals surface area contributed by atoms with Gasteiger partial charge in [0.05, 0.1) is 23.4 Å². The van der Waals surface area contributed by atoms with Gasteiger partial charge in [0.1, 0.15) is 11.6 Å². The lowest BCUT2D eigenvalue weighted by Gasteiger charge is -2.18. The van der Waals surface area contributed by atoms with Gasteiger partial charge in [-0.15, -0.1) is 0 Å². The molecule has 1 N–H and O–H groups in total. The quantitative estimate of drug-likeness (QED) is 0.806. The molecular formula is C17H15FN2O5S. The van der Waals surface area contributed by atoms with E-state index in [0.29, 0.717) is 0 Å². The molecule has 0 radical (unpaired) electrons. The Morgan fingerprint density at radius 1 is 1.08 bits per heavy atom. The molecule has 0 aromatic heterocycles. The number of hydrogen-bond acceptors (Lipinski definition) is 5. The van der Waals surface area contributed by atoms with Gasteiger partial charge < -0.3 is 4.74 Å². The van der Waals surface area contributed by atoms with Crippen LogP contribution in [0.1, 0.15) is 12.8 Å². The molecule has 26 heavy (non-hydrogen) atoms. The molecule has 0 aliphatic carbocycles. The molecule has 1 fully saturated rings. The summed E-state index contributed by atoms with van der Waals surface area (Å²) in [6, 6.07) is 8.81. The van der Waals surface area contributed by atoms with Crippen molar-refractivity contribution in [2.24, 2.45) is 0 Å². The lowest BCUT2D eigenvalue weighted by Crippen LogP contribution is -2.29. The number of imide groups is 1. The number of nitrogens with zero attached hydrogens (tertiary/aromatic N) is 1. The number of hydrogen-bond donors (Lipinski definition) is 1. The first-order valence-electron chi connectivity index (χ1n) is 7.64. The van der Waals surface area contributed by atoms with Gasteiger partial charge in [0.2, 0.25) is 11.8 Å². The van der Waals surface area contributed by atoms with Crippen molar-refractivity contribution in [3.05, 3.63) is 48.3 Å². The predicted octanol–water partition coefficient (Wildman–Crippen LogP) is 2.29. The van der Waals surface area contributed by atoms with E-state index in [1.165, 1.54) is 43.5 Å². The first-order valence-corrected chi connectivity index (χ1v) is 9.12. The van der Waals surface area contributed by atoms with E-state index >= 15 is 0 Å². The van der Waals surface area contributed by atoms with Crippen LogP contribution in [0.5, 0.6) is 5.75 Å². The summed E-state index contributed by atoms with van der Waals surface area (Å²) in [7, 11) is -2.71. The molecule has 2 amide bonds. The van der Waals surface area contributed by atoms with Crippen LogP contribution in [0, 0.1) is 5.82 Å². The summed E-state index contributed by atoms with van der Waals surface area (Å²) in [5.74, 6) is -1.26. The van der Waals surface area contributed by atoms with Gasteiger partial charge in [0.15, 0.2) is 0 Å². The Morgan fingerprint density at radius 3 is 2.38 bits per heavy atom. The number of nitrogens with one attached hydrogen (secondary N) is 1. The molecule has 0 saturated carbocycles. The fourth-order valence-corrected chi connectivity index (χ4v) is 3.69. The number of rotatable bonds is 5. The zero-order valence-corrected chi connectivity index (χ0v) is 14.5. The first kappa shape index (κ1) is 17.9. The minimum Gasteiger partial charge on any atom is -0.495 e. The third-order valence-electron chi connectivity index (χ3n) is 3.83. The van der Waals surface area contributed by atoms with Crippen molar-refractivity contribution in [1.29, 1.82) is 0 Å². The molecule has 9 heteroatoms. The van der Waals surface area contributed by atoms with E-state index in [0.717, 1.165) is 11.0 Å². The molecule has 1 saturated heterocycles. The number of ether oxygens (including phenoxy) is 1. The summed E-state index contributed by atoms with van der Waals surface area (Å²) < 4.78 is 45.8. The Morgan fingerprint density at radius 2 is 1.77 bits per heavy atom. The largest absolute Gasteiger partial charge is 0.495 e. The van der Waals surface area contributed by atoms with Gasteiger partial charge in [-0.05, 0) is 36.4 Å². The van der Waals surface area contributed by atoms with Gasteiger partial charge in [-0.1, -0.05) is 6.07 Å². The topological polar surface area (TPSA) is 92.8 Å². The van der Waals surface area contributed by atoms with Crippen LogP contribution in [0.2, 0.25) is 0 Å². The minimum absolute atomic E-state index is 0.0516. The van der Waals surface area contributed by atoms with Gasteiger partial charge >= 0.3 is 0 Å². The van der Waals surface area contributed by atoms with Crippen molar-refractivity contribution in [1.82, 2.24) is 0 Å². The van der Waals surface area contributed by atoms with Crippen LogP contribution in [0.15, 0.2) is 47.4 Å². The fourth-order valence-electron chi connectivity index (χ4n) is 2.62. The van der Waals surface area contributed by atoms with Crippen LogP contribution < -0.4 is 14.4 Å². The smallest absolute Gasteiger partial charge is 0.261 e. The van der Waals surface area contributed by atoms with Crippen LogP contribution >= 0.6 is 0 Å². The Balaban J connectivity index is 2.01. The third kappa shape index (κ3) is 3.38. The Hall–Kier alpha value is -2.94. The van der Waals surface area contributed by atoms with E-state index < -0.39 is 27.7 Å². The standard InChI is InChI=1S/C17H15FN2O5S/c1-25-15-6-5-13(10-14(15)20-16(21)7-8-17(20)22)26(23,24)19-12-4-2-3-11(18)9-12/h2-6,9-10,19H,7-8H2,1H3. The van der Waals surface area contributed by atoms with Crippen LogP contribution in [0.4, 0.5) is 15.8 Å². The Bertz CT molecular complexity index is 974. The van der Waals surface area contributed by atoms with Crippen molar-refractivity contribution >= 4 is 33.2 Å². The van der Waals surface area contributed by atoms with Gasteiger partial charge in [-0.3, -0.25) is 14.3 Å². The van der Waals surface area contributed by atoms with E-state index in [1.54, 1.807) is 0 Å². The summed E-state index contributed by atoms with van der Waals surface area (Å²) in [5, 5.41) is 0. The molecule has 1 aliphatic rings. The number of sulfonamides is 1. The number of carbonyl (C=O) groups is 2. The van der Waals surface area contributed by atoms with Crippen molar-refractivity contribution in [3.8, 4) is 5.75 Å². The molecule has 136 valence electrons. The average Bonchev–Trinajstić information content (AvgIpc) is 2.92. The minimum atomic E-state index is -4.06. The number of methoxy groups -OCH3 is 1. The molecule has 2 aromatic rings. The van der Waals surface area contributed by atoms with Gasteiger partial charge in [0.25, 0.3) is 10.0 Å². The van der Waals surface area contributed by atoms with E-state index in [4.69, 9.17) is 4.74 Å². The first-order chi connectivity index (χ1) is 12.3. The maximum absolute atomic E-state index is 13.3.